The molecule has 1 aromatic heterocycles. The summed E-state index contributed by atoms with van der Waals surface area (Å²) in [6, 6.07) is 2.32. The van der Waals surface area contributed by atoms with E-state index in [0.717, 1.165) is 4.90 Å². The van der Waals surface area contributed by atoms with Gasteiger partial charge in [0, 0.05) is 18.8 Å². The summed E-state index contributed by atoms with van der Waals surface area (Å²) in [5, 5.41) is 5.21. The molecule has 1 saturated heterocycles. The Balaban J connectivity index is 1.78. The number of halogens is 6. The fourth-order valence-electron chi connectivity index (χ4n) is 4.82. The van der Waals surface area contributed by atoms with Crippen molar-refractivity contribution >= 4 is 23.7 Å². The summed E-state index contributed by atoms with van der Waals surface area (Å²) in [6.07, 6.45) is -11.3. The second kappa shape index (κ2) is 12.9. The van der Waals surface area contributed by atoms with Crippen molar-refractivity contribution in [3.05, 3.63) is 58.3 Å². The normalized spacial score (nSPS) is 18.1. The number of hydrogen-bond donors (Lipinski definition) is 3. The molecule has 4 N–H and O–H groups in total. The van der Waals surface area contributed by atoms with Crippen molar-refractivity contribution in [3.63, 3.8) is 0 Å². The van der Waals surface area contributed by atoms with E-state index in [4.69, 9.17) is 10.5 Å². The van der Waals surface area contributed by atoms with Gasteiger partial charge in [-0.15, -0.1) is 0 Å². The van der Waals surface area contributed by atoms with E-state index in [1.54, 1.807) is 39.8 Å². The zero-order valence-corrected chi connectivity index (χ0v) is 24.8. The van der Waals surface area contributed by atoms with Crippen LogP contribution >= 0.6 is 0 Å². The number of ether oxygens (including phenoxy) is 1. The molecule has 3 amide bonds. The van der Waals surface area contributed by atoms with Crippen molar-refractivity contribution in [3.8, 4) is 0 Å². The minimum absolute atomic E-state index is 0.0406. The lowest BCUT2D eigenvalue weighted by Gasteiger charge is -2.28. The highest BCUT2D eigenvalue weighted by Gasteiger charge is 2.43. The minimum Gasteiger partial charge on any atom is -0.444 e. The third kappa shape index (κ3) is 9.23. The Morgan fingerprint density at radius 1 is 1.05 bits per heavy atom. The molecule has 1 fully saturated rings. The van der Waals surface area contributed by atoms with Crippen LogP contribution in [0.5, 0.6) is 0 Å². The first kappa shape index (κ1) is 34.5. The number of carbonyl (C=O) groups is 3. The van der Waals surface area contributed by atoms with Crippen molar-refractivity contribution in [1.29, 1.82) is 0 Å². The van der Waals surface area contributed by atoms with Crippen LogP contribution in [-0.2, 0) is 39.6 Å². The molecular formula is C29H35F6N5O4. The van der Waals surface area contributed by atoms with Gasteiger partial charge in [-0.1, -0.05) is 6.07 Å². The van der Waals surface area contributed by atoms with Gasteiger partial charge in [0.15, 0.2) is 0 Å². The van der Waals surface area contributed by atoms with Crippen LogP contribution in [0.3, 0.4) is 0 Å². The number of aryl methyl sites for hydroxylation is 1. The summed E-state index contributed by atoms with van der Waals surface area (Å²) in [5.41, 5.74) is 2.83. The highest BCUT2D eigenvalue weighted by molar-refractivity contribution is 5.91. The van der Waals surface area contributed by atoms with Crippen molar-refractivity contribution in [2.75, 3.05) is 12.3 Å². The van der Waals surface area contributed by atoms with Crippen LogP contribution in [0.1, 0.15) is 62.1 Å². The molecule has 15 heteroatoms. The van der Waals surface area contributed by atoms with Gasteiger partial charge in [0.2, 0.25) is 11.8 Å². The Bertz CT molecular complexity index is 1360. The first-order valence-corrected chi connectivity index (χ1v) is 13.7. The Kier molecular flexibility index (Phi) is 10.1. The van der Waals surface area contributed by atoms with Gasteiger partial charge in [-0.2, -0.15) is 26.3 Å². The maximum absolute atomic E-state index is 13.4. The summed E-state index contributed by atoms with van der Waals surface area (Å²) >= 11 is 0. The number of hydrogen-bond acceptors (Lipinski definition) is 6. The molecule has 1 aromatic carbocycles. The number of benzene rings is 1. The molecule has 1 aliphatic rings. The number of likely N-dealkylation sites (tertiary alicyclic amines) is 1. The van der Waals surface area contributed by atoms with Crippen molar-refractivity contribution in [1.82, 2.24) is 20.5 Å². The summed E-state index contributed by atoms with van der Waals surface area (Å²) < 4.78 is 85.7. The van der Waals surface area contributed by atoms with Crippen molar-refractivity contribution in [2.45, 2.75) is 84.0 Å². The second-order valence-electron chi connectivity index (χ2n) is 11.8. The molecule has 0 aliphatic carbocycles. The lowest BCUT2D eigenvalue weighted by atomic mass is 9.93. The number of carbonyl (C=O) groups excluding carboxylic acids is 3. The Morgan fingerprint density at radius 2 is 1.64 bits per heavy atom. The third-order valence-corrected chi connectivity index (χ3v) is 6.91. The number of nitrogens with zero attached hydrogens (tertiary/aromatic N) is 2. The van der Waals surface area contributed by atoms with Crippen LogP contribution < -0.4 is 16.4 Å². The van der Waals surface area contributed by atoms with Crippen molar-refractivity contribution < 1.29 is 45.5 Å². The molecule has 9 nitrogen and oxygen atoms in total. The van der Waals surface area contributed by atoms with Crippen LogP contribution in [0.15, 0.2) is 30.3 Å². The maximum Gasteiger partial charge on any atom is 0.416 e. The van der Waals surface area contributed by atoms with E-state index in [1.165, 1.54) is 6.92 Å². The number of nitrogens with one attached hydrogen (secondary N) is 2. The maximum atomic E-state index is 13.4. The number of nitrogen functional groups attached to an aromatic ring is 1. The molecule has 0 unspecified atom stereocenters. The molecule has 2 aromatic rings. The molecule has 0 bridgehead atoms. The Morgan fingerprint density at radius 3 is 2.16 bits per heavy atom. The third-order valence-electron chi connectivity index (χ3n) is 6.91. The summed E-state index contributed by atoms with van der Waals surface area (Å²) in [4.78, 5) is 44.2. The van der Waals surface area contributed by atoms with Crippen LogP contribution in [0.25, 0.3) is 0 Å². The molecule has 242 valence electrons. The van der Waals surface area contributed by atoms with E-state index >= 15 is 0 Å². The monoisotopic (exact) mass is 631 g/mol. The lowest BCUT2D eigenvalue weighted by molar-refractivity contribution is -0.143. The molecular weight excluding hydrogens is 596 g/mol. The topological polar surface area (TPSA) is 127 Å². The Hall–Kier alpha value is -4.04. The zero-order valence-electron chi connectivity index (χ0n) is 24.8. The van der Waals surface area contributed by atoms with Gasteiger partial charge in [0.1, 0.15) is 23.5 Å². The van der Waals surface area contributed by atoms with E-state index in [1.807, 2.05) is 0 Å². The highest BCUT2D eigenvalue weighted by Crippen LogP contribution is 2.38. The van der Waals surface area contributed by atoms with E-state index in [-0.39, 0.29) is 37.6 Å². The van der Waals surface area contributed by atoms with Crippen LogP contribution in [0, 0.1) is 12.8 Å². The smallest absolute Gasteiger partial charge is 0.416 e. The van der Waals surface area contributed by atoms with Crippen LogP contribution in [0.2, 0.25) is 0 Å². The zero-order chi connectivity index (χ0) is 33.2. The molecule has 1 aliphatic heterocycles. The number of amides is 3. The molecule has 44 heavy (non-hydrogen) atoms. The van der Waals surface area contributed by atoms with Gasteiger partial charge in [-0.05, 0) is 88.8 Å². The lowest BCUT2D eigenvalue weighted by Crippen LogP contribution is -2.52. The molecule has 0 spiro atoms. The van der Waals surface area contributed by atoms with E-state index in [9.17, 15) is 40.7 Å². The van der Waals surface area contributed by atoms with Crippen LogP contribution in [0.4, 0.5) is 37.0 Å². The molecule has 0 saturated carbocycles. The van der Waals surface area contributed by atoms with Crippen LogP contribution in [-0.4, -0.2) is 52.0 Å². The average molecular weight is 632 g/mol. The fraction of sp³-hybridized carbons (Fsp3) is 0.517. The minimum atomic E-state index is -5.02. The number of rotatable bonds is 7. The SMILES string of the molecule is Cc1nc(N)ccc1CNC(=O)[C@H](C)NC(=O)[C@H]1C[C@H](Cc2cc(C(F)(F)F)cc(C(F)(F)F)c2)CN1C(=O)OC(C)(C)C. The van der Waals surface area contributed by atoms with Gasteiger partial charge in [-0.25, -0.2) is 9.78 Å². The van der Waals surface area contributed by atoms with Gasteiger partial charge >= 0.3 is 18.4 Å². The summed E-state index contributed by atoms with van der Waals surface area (Å²) in [5.74, 6) is -1.65. The van der Waals surface area contributed by atoms with Gasteiger partial charge in [-0.3, -0.25) is 14.5 Å². The first-order valence-electron chi connectivity index (χ1n) is 13.7. The average Bonchev–Trinajstić information content (AvgIpc) is 3.30. The predicted octanol–water partition coefficient (Wildman–Crippen LogP) is 5.00. The number of alkyl halides is 6. The van der Waals surface area contributed by atoms with Gasteiger partial charge in [0.05, 0.1) is 11.1 Å². The summed E-state index contributed by atoms with van der Waals surface area (Å²) in [6.45, 7) is 7.86. The standard InChI is InChI=1S/C29H35F6N5O4/c1-15-19(6-7-23(36)38-15)13-37-24(41)16(2)39-25(42)22-11-18(14-40(22)26(43)44-27(3,4)5)8-17-9-20(28(30,31)32)12-21(10-17)29(33,34)35/h6-7,9-10,12,16,18,22H,8,11,13-14H2,1-5H3,(H2,36,38)(H,37,41)(H,39,42)/t16-,18-,22+/m0/s1. The number of anilines is 1. The first-order chi connectivity index (χ1) is 20.1. The van der Waals surface area contributed by atoms with E-state index in [2.05, 4.69) is 15.6 Å². The second-order valence-corrected chi connectivity index (χ2v) is 11.8. The molecule has 2 heterocycles. The van der Waals surface area contributed by atoms with Gasteiger partial charge in [0.25, 0.3) is 0 Å². The predicted molar refractivity (Wildman–Crippen MR) is 148 cm³/mol. The number of pyridine rings is 1. The molecule has 0 radical (unpaired) electrons. The molecule has 3 rings (SSSR count). The largest absolute Gasteiger partial charge is 0.444 e. The van der Waals surface area contributed by atoms with E-state index in [0.29, 0.717) is 29.2 Å². The Labute approximate surface area is 250 Å². The van der Waals surface area contributed by atoms with Gasteiger partial charge < -0.3 is 21.1 Å². The quantitative estimate of drug-likeness (QED) is 0.370. The fourth-order valence-corrected chi connectivity index (χ4v) is 4.82. The highest BCUT2D eigenvalue weighted by atomic mass is 19.4. The number of nitrogens with two attached hydrogens (primary N) is 1. The van der Waals surface area contributed by atoms with Crippen molar-refractivity contribution in [2.24, 2.45) is 5.92 Å². The number of aromatic nitrogens is 1. The molecule has 3 atom stereocenters. The summed E-state index contributed by atoms with van der Waals surface area (Å²) in [7, 11) is 0. The van der Waals surface area contributed by atoms with E-state index < -0.39 is 65.0 Å².